The molecule has 1 saturated heterocycles. The maximum absolute atomic E-state index is 11.9. The van der Waals surface area contributed by atoms with Gasteiger partial charge in [0.25, 0.3) is 5.69 Å². The summed E-state index contributed by atoms with van der Waals surface area (Å²) >= 11 is 5.93. The maximum atomic E-state index is 11.9. The van der Waals surface area contributed by atoms with Crippen LogP contribution in [-0.2, 0) is 9.59 Å². The van der Waals surface area contributed by atoms with E-state index in [-0.39, 0.29) is 29.4 Å². The third-order valence-corrected chi connectivity index (χ3v) is 3.26. The summed E-state index contributed by atoms with van der Waals surface area (Å²) in [6.07, 6.45) is -0.0578. The molecule has 0 radical (unpaired) electrons. The monoisotopic (exact) mass is 283 g/mol. The highest BCUT2D eigenvalue weighted by Gasteiger charge is 2.37. The Bertz CT molecular complexity index is 575. The molecule has 7 nitrogen and oxygen atoms in total. The van der Waals surface area contributed by atoms with Crippen molar-refractivity contribution in [1.29, 1.82) is 0 Å². The van der Waals surface area contributed by atoms with E-state index in [1.807, 2.05) is 0 Å². The molecule has 0 spiro atoms. The van der Waals surface area contributed by atoms with E-state index in [1.54, 1.807) is 0 Å². The number of nitrogens with two attached hydrogens (primary N) is 1. The number of carbonyl (C=O) groups excluding carboxylic acids is 2. The first-order valence-electron chi connectivity index (χ1n) is 5.44. The van der Waals surface area contributed by atoms with Crippen LogP contribution in [0.25, 0.3) is 0 Å². The molecule has 100 valence electrons. The van der Waals surface area contributed by atoms with Crippen LogP contribution in [0.5, 0.6) is 0 Å². The summed E-state index contributed by atoms with van der Waals surface area (Å²) in [7, 11) is 0. The van der Waals surface area contributed by atoms with Gasteiger partial charge in [0.05, 0.1) is 15.9 Å². The van der Waals surface area contributed by atoms with Gasteiger partial charge in [0.1, 0.15) is 5.69 Å². The second-order valence-corrected chi connectivity index (χ2v) is 4.58. The lowest BCUT2D eigenvalue weighted by Gasteiger charge is -2.17. The van der Waals surface area contributed by atoms with Crippen molar-refractivity contribution in [2.75, 3.05) is 11.4 Å². The summed E-state index contributed by atoms with van der Waals surface area (Å²) in [5, 5.41) is 11.1. The fraction of sp³-hybridized carbons (Fsp3) is 0.273. The number of anilines is 1. The number of nitro groups is 1. The molecule has 1 aromatic rings. The molecule has 2 N–H and O–H groups in total. The molecule has 8 heteroatoms. The average molecular weight is 284 g/mol. The number of carbonyl (C=O) groups is 2. The molecule has 1 atom stereocenters. The molecule has 0 saturated carbocycles. The summed E-state index contributed by atoms with van der Waals surface area (Å²) in [5.41, 5.74) is 4.90. The van der Waals surface area contributed by atoms with Crippen molar-refractivity contribution in [1.82, 2.24) is 0 Å². The second kappa shape index (κ2) is 4.85. The number of para-hydroxylation sites is 1. The highest BCUT2D eigenvalue weighted by molar-refractivity contribution is 6.34. The van der Waals surface area contributed by atoms with Gasteiger partial charge in [-0.25, -0.2) is 0 Å². The quantitative estimate of drug-likeness (QED) is 0.661. The van der Waals surface area contributed by atoms with Crippen molar-refractivity contribution in [3.63, 3.8) is 0 Å². The minimum Gasteiger partial charge on any atom is -0.369 e. The molecule has 1 aliphatic heterocycles. The number of halogens is 1. The molecular formula is C11H10ClN3O4. The first kappa shape index (κ1) is 13.3. The Kier molecular flexibility index (Phi) is 3.39. The number of nitrogens with zero attached hydrogens (tertiary/aromatic N) is 2. The Balaban J connectivity index is 2.45. The molecule has 2 rings (SSSR count). The minimum absolute atomic E-state index is 0.0126. The highest BCUT2D eigenvalue weighted by Crippen LogP contribution is 2.38. The number of primary amides is 1. The summed E-state index contributed by atoms with van der Waals surface area (Å²) < 4.78 is 0. The SMILES string of the molecule is NC(=O)C1CC(=O)N(c2c(Cl)cccc2[N+](=O)[O-])C1. The maximum Gasteiger partial charge on any atom is 0.294 e. The first-order valence-corrected chi connectivity index (χ1v) is 5.82. The summed E-state index contributed by atoms with van der Waals surface area (Å²) in [4.78, 5) is 34.5. The number of benzene rings is 1. The Morgan fingerprint density at radius 2 is 2.21 bits per heavy atom. The van der Waals surface area contributed by atoms with Gasteiger partial charge in [0.2, 0.25) is 11.8 Å². The summed E-state index contributed by atoms with van der Waals surface area (Å²) in [6.45, 7) is 0.0126. The van der Waals surface area contributed by atoms with E-state index >= 15 is 0 Å². The lowest BCUT2D eigenvalue weighted by atomic mass is 10.1. The average Bonchev–Trinajstić information content (AvgIpc) is 2.71. The standard InChI is InChI=1S/C11H10ClN3O4/c12-7-2-1-3-8(15(18)19)10(7)14-5-6(11(13)17)4-9(14)16/h1-3,6H,4-5H2,(H2,13,17). The van der Waals surface area contributed by atoms with Crippen LogP contribution in [0.3, 0.4) is 0 Å². The van der Waals surface area contributed by atoms with Gasteiger partial charge >= 0.3 is 0 Å². The third-order valence-electron chi connectivity index (χ3n) is 2.96. The van der Waals surface area contributed by atoms with Crippen LogP contribution in [0.1, 0.15) is 6.42 Å². The number of rotatable bonds is 3. The summed E-state index contributed by atoms with van der Waals surface area (Å²) in [5.74, 6) is -1.66. The van der Waals surface area contributed by atoms with Crippen LogP contribution >= 0.6 is 11.6 Å². The van der Waals surface area contributed by atoms with Crippen molar-refractivity contribution >= 4 is 34.8 Å². The van der Waals surface area contributed by atoms with Crippen molar-refractivity contribution in [2.45, 2.75) is 6.42 Å². The molecule has 19 heavy (non-hydrogen) atoms. The molecule has 1 aliphatic rings. The molecule has 1 unspecified atom stereocenters. The van der Waals surface area contributed by atoms with Gasteiger partial charge < -0.3 is 10.6 Å². The van der Waals surface area contributed by atoms with Gasteiger partial charge in [-0.05, 0) is 6.07 Å². The molecule has 0 aromatic heterocycles. The van der Waals surface area contributed by atoms with E-state index in [2.05, 4.69) is 0 Å². The van der Waals surface area contributed by atoms with E-state index in [0.29, 0.717) is 0 Å². The lowest BCUT2D eigenvalue weighted by molar-refractivity contribution is -0.384. The second-order valence-electron chi connectivity index (χ2n) is 4.17. The Labute approximate surface area is 113 Å². The Morgan fingerprint density at radius 1 is 1.53 bits per heavy atom. The van der Waals surface area contributed by atoms with Gasteiger partial charge in [-0.15, -0.1) is 0 Å². The van der Waals surface area contributed by atoms with Crippen LogP contribution in [0.2, 0.25) is 5.02 Å². The topological polar surface area (TPSA) is 107 Å². The number of hydrogen-bond acceptors (Lipinski definition) is 4. The van der Waals surface area contributed by atoms with Crippen LogP contribution in [0.4, 0.5) is 11.4 Å². The fourth-order valence-electron chi connectivity index (χ4n) is 2.03. The fourth-order valence-corrected chi connectivity index (χ4v) is 2.30. The van der Waals surface area contributed by atoms with Crippen LogP contribution < -0.4 is 10.6 Å². The third kappa shape index (κ3) is 2.37. The zero-order valence-corrected chi connectivity index (χ0v) is 10.5. The predicted molar refractivity (Wildman–Crippen MR) is 67.8 cm³/mol. The van der Waals surface area contributed by atoms with E-state index < -0.39 is 22.7 Å². The van der Waals surface area contributed by atoms with Gasteiger partial charge in [0, 0.05) is 19.0 Å². The van der Waals surface area contributed by atoms with Gasteiger partial charge in [0.15, 0.2) is 0 Å². The molecule has 1 heterocycles. The van der Waals surface area contributed by atoms with Crippen LogP contribution in [-0.4, -0.2) is 23.3 Å². The Morgan fingerprint density at radius 3 is 2.74 bits per heavy atom. The molecule has 1 fully saturated rings. The van der Waals surface area contributed by atoms with Crippen molar-refractivity contribution in [2.24, 2.45) is 11.7 Å². The number of amides is 2. The van der Waals surface area contributed by atoms with Crippen molar-refractivity contribution < 1.29 is 14.5 Å². The normalized spacial score (nSPS) is 18.7. The van der Waals surface area contributed by atoms with E-state index in [0.717, 1.165) is 4.90 Å². The zero-order chi connectivity index (χ0) is 14.2. The molecule has 0 bridgehead atoms. The van der Waals surface area contributed by atoms with Gasteiger partial charge in [-0.1, -0.05) is 17.7 Å². The van der Waals surface area contributed by atoms with Crippen molar-refractivity contribution in [3.8, 4) is 0 Å². The Hall–Kier alpha value is -2.15. The lowest BCUT2D eigenvalue weighted by Crippen LogP contribution is -2.29. The van der Waals surface area contributed by atoms with Crippen LogP contribution in [0.15, 0.2) is 18.2 Å². The molecule has 2 amide bonds. The van der Waals surface area contributed by atoms with Gasteiger partial charge in [-0.2, -0.15) is 0 Å². The highest BCUT2D eigenvalue weighted by atomic mass is 35.5. The predicted octanol–water partition coefficient (Wildman–Crippen LogP) is 1.09. The zero-order valence-electron chi connectivity index (χ0n) is 9.71. The molecule has 0 aliphatic carbocycles. The summed E-state index contributed by atoms with van der Waals surface area (Å²) in [6, 6.07) is 4.14. The first-order chi connectivity index (χ1) is 8.91. The van der Waals surface area contributed by atoms with E-state index in [1.165, 1.54) is 18.2 Å². The largest absolute Gasteiger partial charge is 0.369 e. The molecule has 1 aromatic carbocycles. The van der Waals surface area contributed by atoms with E-state index in [4.69, 9.17) is 17.3 Å². The van der Waals surface area contributed by atoms with E-state index in [9.17, 15) is 19.7 Å². The van der Waals surface area contributed by atoms with Crippen LogP contribution in [0, 0.1) is 16.0 Å². The number of nitro benzene ring substituents is 1. The molecular weight excluding hydrogens is 274 g/mol. The number of hydrogen-bond donors (Lipinski definition) is 1. The van der Waals surface area contributed by atoms with Crippen molar-refractivity contribution in [3.05, 3.63) is 33.3 Å². The van der Waals surface area contributed by atoms with Gasteiger partial charge in [-0.3, -0.25) is 19.7 Å². The minimum atomic E-state index is -0.650. The smallest absolute Gasteiger partial charge is 0.294 e.